The topological polar surface area (TPSA) is 42.2 Å². The first-order chi connectivity index (χ1) is 7.54. The molecule has 1 aromatic heterocycles. The zero-order chi connectivity index (χ0) is 11.7. The molecule has 2 heterocycles. The van der Waals surface area contributed by atoms with Gasteiger partial charge in [0.05, 0.1) is 17.4 Å². The van der Waals surface area contributed by atoms with Gasteiger partial charge in [-0.15, -0.1) is 0 Å². The molecule has 4 nitrogen and oxygen atoms in total. The molecule has 0 fully saturated rings. The average Bonchev–Trinajstić information content (AvgIpc) is 2.43. The Morgan fingerprint density at radius 3 is 2.81 bits per heavy atom. The number of rotatable bonds is 1. The van der Waals surface area contributed by atoms with Gasteiger partial charge in [-0.1, -0.05) is 18.7 Å². The number of amidine groups is 1. The third-order valence-corrected chi connectivity index (χ3v) is 3.60. The van der Waals surface area contributed by atoms with E-state index in [0.717, 1.165) is 23.0 Å². The van der Waals surface area contributed by atoms with E-state index in [1.54, 1.807) is 11.8 Å². The number of nitrogens with one attached hydrogen (secondary N) is 1. The number of aliphatic imine (C=N–C) groups is 1. The lowest BCUT2D eigenvalue weighted by Crippen LogP contribution is -2.22. The van der Waals surface area contributed by atoms with Crippen LogP contribution in [0.4, 0.5) is 5.69 Å². The lowest BCUT2D eigenvalue weighted by atomic mass is 10.2. The molecule has 0 radical (unpaired) electrons. The van der Waals surface area contributed by atoms with Gasteiger partial charge in [0.2, 0.25) is 0 Å². The van der Waals surface area contributed by atoms with Crippen molar-refractivity contribution in [2.45, 2.75) is 38.5 Å². The van der Waals surface area contributed by atoms with Crippen LogP contribution in [0.5, 0.6) is 0 Å². The molecule has 2 unspecified atom stereocenters. The van der Waals surface area contributed by atoms with Crippen molar-refractivity contribution in [3.63, 3.8) is 0 Å². The Bertz CT molecular complexity index is 410. The molecule has 1 aliphatic heterocycles. The Morgan fingerprint density at radius 1 is 1.50 bits per heavy atom. The van der Waals surface area contributed by atoms with Gasteiger partial charge in [0, 0.05) is 18.5 Å². The Balaban J connectivity index is 2.12. The van der Waals surface area contributed by atoms with Gasteiger partial charge >= 0.3 is 0 Å². The highest BCUT2D eigenvalue weighted by atomic mass is 32.2. The monoisotopic (exact) mass is 238 g/mol. The molecule has 16 heavy (non-hydrogen) atoms. The Hall–Kier alpha value is -0.970. The Kier molecular flexibility index (Phi) is 3.23. The zero-order valence-electron chi connectivity index (χ0n) is 10.2. The van der Waals surface area contributed by atoms with Crippen molar-refractivity contribution in [2.75, 3.05) is 5.32 Å². The summed E-state index contributed by atoms with van der Waals surface area (Å²) in [6.07, 6.45) is 3.14. The highest BCUT2D eigenvalue weighted by molar-refractivity contribution is 8.14. The standard InChI is InChI=1S/C11H18N4S/c1-7-5-8(2)16-11(12-7)13-10-6-15(4)14-9(10)3/h6-8H,5H2,1-4H3,(H,12,13). The van der Waals surface area contributed by atoms with Crippen LogP contribution in [-0.2, 0) is 7.05 Å². The first-order valence-corrected chi connectivity index (χ1v) is 6.44. The highest BCUT2D eigenvalue weighted by Crippen LogP contribution is 2.26. The molecule has 5 heteroatoms. The molecule has 0 amide bonds. The average molecular weight is 238 g/mol. The van der Waals surface area contributed by atoms with Crippen molar-refractivity contribution in [1.29, 1.82) is 0 Å². The highest BCUT2D eigenvalue weighted by Gasteiger charge is 2.19. The predicted molar refractivity (Wildman–Crippen MR) is 70.1 cm³/mol. The third-order valence-electron chi connectivity index (χ3n) is 2.58. The van der Waals surface area contributed by atoms with E-state index < -0.39 is 0 Å². The molecule has 1 N–H and O–H groups in total. The summed E-state index contributed by atoms with van der Waals surface area (Å²) in [4.78, 5) is 4.61. The number of aromatic nitrogens is 2. The summed E-state index contributed by atoms with van der Waals surface area (Å²) in [5.74, 6) is 0. The maximum absolute atomic E-state index is 4.61. The van der Waals surface area contributed by atoms with Crippen LogP contribution in [0.2, 0.25) is 0 Å². The number of aryl methyl sites for hydroxylation is 2. The molecule has 1 aliphatic rings. The lowest BCUT2D eigenvalue weighted by molar-refractivity contribution is 0.661. The Morgan fingerprint density at radius 2 is 2.25 bits per heavy atom. The van der Waals surface area contributed by atoms with Gasteiger partial charge < -0.3 is 5.32 Å². The van der Waals surface area contributed by atoms with Gasteiger partial charge in [-0.05, 0) is 20.3 Å². The van der Waals surface area contributed by atoms with Crippen molar-refractivity contribution in [3.05, 3.63) is 11.9 Å². The molecule has 1 aromatic rings. The summed E-state index contributed by atoms with van der Waals surface area (Å²) in [7, 11) is 1.93. The van der Waals surface area contributed by atoms with E-state index in [2.05, 4.69) is 29.3 Å². The zero-order valence-corrected chi connectivity index (χ0v) is 11.0. The Labute approximate surface area is 101 Å². The lowest BCUT2D eigenvalue weighted by Gasteiger charge is -2.22. The van der Waals surface area contributed by atoms with Crippen LogP contribution >= 0.6 is 11.8 Å². The van der Waals surface area contributed by atoms with Crippen LogP contribution in [0, 0.1) is 6.92 Å². The SMILES string of the molecule is Cc1nn(C)cc1NC1=NC(C)CC(C)S1. The first-order valence-electron chi connectivity index (χ1n) is 5.56. The normalized spacial score (nSPS) is 25.4. The molecule has 2 rings (SSSR count). The number of hydrogen-bond acceptors (Lipinski definition) is 4. The minimum Gasteiger partial charge on any atom is -0.332 e. The van der Waals surface area contributed by atoms with Crippen molar-refractivity contribution in [3.8, 4) is 0 Å². The fraction of sp³-hybridized carbons (Fsp3) is 0.636. The van der Waals surface area contributed by atoms with Crippen molar-refractivity contribution >= 4 is 22.6 Å². The van der Waals surface area contributed by atoms with E-state index in [1.807, 2.05) is 24.9 Å². The van der Waals surface area contributed by atoms with E-state index in [4.69, 9.17) is 0 Å². The summed E-state index contributed by atoms with van der Waals surface area (Å²) in [6, 6.07) is 0.413. The first kappa shape index (κ1) is 11.5. The summed E-state index contributed by atoms with van der Waals surface area (Å²) >= 11 is 1.80. The van der Waals surface area contributed by atoms with Gasteiger partial charge in [-0.25, -0.2) is 0 Å². The quantitative estimate of drug-likeness (QED) is 0.817. The second-order valence-electron chi connectivity index (χ2n) is 4.37. The minimum atomic E-state index is 0.413. The van der Waals surface area contributed by atoms with E-state index >= 15 is 0 Å². The largest absolute Gasteiger partial charge is 0.332 e. The fourth-order valence-corrected chi connectivity index (χ4v) is 3.07. The second kappa shape index (κ2) is 4.49. The number of thioether (sulfide) groups is 1. The molecule has 0 bridgehead atoms. The van der Waals surface area contributed by atoms with E-state index in [0.29, 0.717) is 11.3 Å². The van der Waals surface area contributed by atoms with E-state index in [-0.39, 0.29) is 0 Å². The van der Waals surface area contributed by atoms with Crippen molar-refractivity contribution < 1.29 is 0 Å². The minimum absolute atomic E-state index is 0.413. The van der Waals surface area contributed by atoms with Crippen molar-refractivity contribution in [1.82, 2.24) is 9.78 Å². The van der Waals surface area contributed by atoms with Gasteiger partial charge in [-0.2, -0.15) is 5.10 Å². The molecule has 0 aromatic carbocycles. The van der Waals surface area contributed by atoms with Gasteiger partial charge in [0.1, 0.15) is 0 Å². The molecule has 2 atom stereocenters. The predicted octanol–water partition coefficient (Wildman–Crippen LogP) is 2.41. The van der Waals surface area contributed by atoms with Crippen LogP contribution in [0.3, 0.4) is 0 Å². The molecule has 0 saturated heterocycles. The number of hydrogen-bond donors (Lipinski definition) is 1. The van der Waals surface area contributed by atoms with E-state index in [1.165, 1.54) is 0 Å². The molecule has 0 spiro atoms. The molecular formula is C11H18N4S. The second-order valence-corrected chi connectivity index (χ2v) is 5.80. The summed E-state index contributed by atoms with van der Waals surface area (Å²) in [5.41, 5.74) is 2.06. The summed E-state index contributed by atoms with van der Waals surface area (Å²) in [6.45, 7) is 6.41. The third kappa shape index (κ3) is 2.58. The fourth-order valence-electron chi connectivity index (χ4n) is 1.90. The molecular weight excluding hydrogens is 220 g/mol. The van der Waals surface area contributed by atoms with Crippen LogP contribution in [0.1, 0.15) is 26.0 Å². The van der Waals surface area contributed by atoms with Crippen molar-refractivity contribution in [2.24, 2.45) is 12.0 Å². The summed E-state index contributed by atoms with van der Waals surface area (Å²) < 4.78 is 1.82. The summed E-state index contributed by atoms with van der Waals surface area (Å²) in [5, 5.41) is 9.31. The number of anilines is 1. The number of nitrogens with zero attached hydrogens (tertiary/aromatic N) is 3. The van der Waals surface area contributed by atoms with Gasteiger partial charge in [0.15, 0.2) is 5.17 Å². The van der Waals surface area contributed by atoms with Crippen LogP contribution in [0.15, 0.2) is 11.2 Å². The maximum atomic E-state index is 4.61. The van der Waals surface area contributed by atoms with Crippen LogP contribution < -0.4 is 5.32 Å². The van der Waals surface area contributed by atoms with E-state index in [9.17, 15) is 0 Å². The van der Waals surface area contributed by atoms with Gasteiger partial charge in [0.25, 0.3) is 0 Å². The van der Waals surface area contributed by atoms with Crippen LogP contribution in [-0.4, -0.2) is 26.2 Å². The molecule has 0 aliphatic carbocycles. The van der Waals surface area contributed by atoms with Gasteiger partial charge in [-0.3, -0.25) is 9.67 Å². The molecule has 0 saturated carbocycles. The molecule has 88 valence electrons. The smallest absolute Gasteiger partial charge is 0.161 e. The van der Waals surface area contributed by atoms with Crippen LogP contribution in [0.25, 0.3) is 0 Å². The maximum Gasteiger partial charge on any atom is 0.161 e.